The molecule has 0 saturated carbocycles. The van der Waals surface area contributed by atoms with Crippen LogP contribution in [0.1, 0.15) is 29.3 Å². The molecular weight excluding hydrogens is 471 g/mol. The van der Waals surface area contributed by atoms with E-state index in [0.717, 1.165) is 11.3 Å². The number of anilines is 2. The molecule has 37 heavy (non-hydrogen) atoms. The molecule has 1 heterocycles. The number of amides is 3. The number of benzene rings is 3. The van der Waals surface area contributed by atoms with Crippen molar-refractivity contribution in [2.45, 2.75) is 19.9 Å². The lowest BCUT2D eigenvalue weighted by molar-refractivity contribution is -0.135. The smallest absolute Gasteiger partial charge is 0.254 e. The maximum absolute atomic E-state index is 13.5. The number of halogens is 1. The second-order valence-electron chi connectivity index (χ2n) is 8.97. The van der Waals surface area contributed by atoms with Gasteiger partial charge in [-0.25, -0.2) is 4.39 Å². The zero-order chi connectivity index (χ0) is 26.2. The van der Waals surface area contributed by atoms with Crippen LogP contribution in [0, 0.1) is 5.82 Å². The van der Waals surface area contributed by atoms with E-state index >= 15 is 0 Å². The van der Waals surface area contributed by atoms with E-state index in [0.29, 0.717) is 50.4 Å². The van der Waals surface area contributed by atoms with Crippen LogP contribution in [0.15, 0.2) is 78.9 Å². The summed E-state index contributed by atoms with van der Waals surface area (Å²) < 4.78 is 13.5. The van der Waals surface area contributed by atoms with Gasteiger partial charge in [-0.15, -0.1) is 0 Å². The predicted molar refractivity (Wildman–Crippen MR) is 142 cm³/mol. The van der Waals surface area contributed by atoms with Crippen LogP contribution >= 0.6 is 0 Å². The number of nitrogens with zero attached hydrogens (tertiary/aromatic N) is 3. The maximum atomic E-state index is 13.5. The molecule has 0 bridgehead atoms. The molecular formula is C29H31FN4O3. The van der Waals surface area contributed by atoms with Crippen molar-refractivity contribution < 1.29 is 18.8 Å². The Kier molecular flexibility index (Phi) is 8.51. The zero-order valence-electron chi connectivity index (χ0n) is 20.9. The minimum absolute atomic E-state index is 0.0232. The summed E-state index contributed by atoms with van der Waals surface area (Å²) in [7, 11) is 0. The van der Waals surface area contributed by atoms with Crippen LogP contribution in [0.2, 0.25) is 0 Å². The molecule has 0 atom stereocenters. The summed E-state index contributed by atoms with van der Waals surface area (Å²) >= 11 is 0. The molecule has 0 aromatic heterocycles. The molecule has 1 saturated heterocycles. The van der Waals surface area contributed by atoms with Gasteiger partial charge in [-0.1, -0.05) is 43.3 Å². The van der Waals surface area contributed by atoms with E-state index in [2.05, 4.69) is 10.2 Å². The van der Waals surface area contributed by atoms with Gasteiger partial charge in [0.1, 0.15) is 12.4 Å². The SMILES string of the molecule is CCC(=O)N(CC(=O)Nc1ccc(N2CCN(C(=O)c3cccc(F)c3)CC2)cc1)Cc1ccccc1. The number of carbonyl (C=O) groups excluding carboxylic acids is 3. The first-order valence-electron chi connectivity index (χ1n) is 12.4. The lowest BCUT2D eigenvalue weighted by atomic mass is 10.1. The zero-order valence-corrected chi connectivity index (χ0v) is 20.9. The van der Waals surface area contributed by atoms with Gasteiger partial charge >= 0.3 is 0 Å². The first-order chi connectivity index (χ1) is 17.9. The van der Waals surface area contributed by atoms with Crippen molar-refractivity contribution in [3.8, 4) is 0 Å². The Bertz CT molecular complexity index is 1230. The Hall–Kier alpha value is -4.20. The van der Waals surface area contributed by atoms with Gasteiger partial charge in [-0.05, 0) is 48.0 Å². The summed E-state index contributed by atoms with van der Waals surface area (Å²) in [5.41, 5.74) is 2.97. The Morgan fingerprint density at radius 1 is 0.892 bits per heavy atom. The number of hydrogen-bond donors (Lipinski definition) is 1. The largest absolute Gasteiger partial charge is 0.368 e. The first-order valence-corrected chi connectivity index (χ1v) is 12.4. The van der Waals surface area contributed by atoms with Gasteiger partial charge < -0.3 is 20.0 Å². The van der Waals surface area contributed by atoms with Gasteiger partial charge in [0.2, 0.25) is 11.8 Å². The maximum Gasteiger partial charge on any atom is 0.254 e. The van der Waals surface area contributed by atoms with E-state index < -0.39 is 5.82 Å². The average Bonchev–Trinajstić information content (AvgIpc) is 2.93. The Morgan fingerprint density at radius 3 is 2.24 bits per heavy atom. The number of carbonyl (C=O) groups is 3. The molecule has 7 nitrogen and oxygen atoms in total. The summed E-state index contributed by atoms with van der Waals surface area (Å²) in [4.78, 5) is 43.2. The molecule has 0 aliphatic carbocycles. The number of rotatable bonds is 8. The lowest BCUT2D eigenvalue weighted by Crippen LogP contribution is -2.48. The minimum atomic E-state index is -0.419. The van der Waals surface area contributed by atoms with Gasteiger partial charge in [-0.2, -0.15) is 0 Å². The van der Waals surface area contributed by atoms with E-state index in [4.69, 9.17) is 0 Å². The Labute approximate surface area is 216 Å². The third-order valence-electron chi connectivity index (χ3n) is 6.36. The van der Waals surface area contributed by atoms with Crippen LogP contribution < -0.4 is 10.2 Å². The summed E-state index contributed by atoms with van der Waals surface area (Å²) in [6, 6.07) is 22.9. The standard InChI is InChI=1S/C29H31FN4O3/c1-2-28(36)34(20-22-7-4-3-5-8-22)21-27(35)31-25-11-13-26(14-12-25)32-15-17-33(18-16-32)29(37)23-9-6-10-24(30)19-23/h3-14,19H,2,15-18,20-21H2,1H3,(H,31,35). The van der Waals surface area contributed by atoms with E-state index in [1.807, 2.05) is 54.6 Å². The Balaban J connectivity index is 1.29. The summed E-state index contributed by atoms with van der Waals surface area (Å²) in [5.74, 6) is -0.920. The fourth-order valence-corrected chi connectivity index (χ4v) is 4.36. The fourth-order valence-electron chi connectivity index (χ4n) is 4.36. The molecule has 3 amide bonds. The topological polar surface area (TPSA) is 73.0 Å². The van der Waals surface area contributed by atoms with Crippen molar-refractivity contribution in [2.24, 2.45) is 0 Å². The minimum Gasteiger partial charge on any atom is -0.368 e. The third kappa shape index (κ3) is 6.94. The quantitative estimate of drug-likeness (QED) is 0.502. The fraction of sp³-hybridized carbons (Fsp3) is 0.276. The Morgan fingerprint density at radius 2 is 1.59 bits per heavy atom. The molecule has 1 N–H and O–H groups in total. The molecule has 0 unspecified atom stereocenters. The van der Waals surface area contributed by atoms with Crippen molar-refractivity contribution in [1.29, 1.82) is 0 Å². The highest BCUT2D eigenvalue weighted by atomic mass is 19.1. The van der Waals surface area contributed by atoms with Crippen LogP contribution in [-0.4, -0.2) is 60.2 Å². The van der Waals surface area contributed by atoms with Crippen LogP contribution in [0.4, 0.5) is 15.8 Å². The first kappa shape index (κ1) is 25.9. The van der Waals surface area contributed by atoms with Gasteiger partial charge in [0.05, 0.1) is 0 Å². The molecule has 1 aliphatic heterocycles. The van der Waals surface area contributed by atoms with Gasteiger partial charge in [-0.3, -0.25) is 14.4 Å². The van der Waals surface area contributed by atoms with E-state index in [1.165, 1.54) is 12.1 Å². The van der Waals surface area contributed by atoms with E-state index in [9.17, 15) is 18.8 Å². The summed E-state index contributed by atoms with van der Waals surface area (Å²) in [6.07, 6.45) is 0.329. The molecule has 4 rings (SSSR count). The summed E-state index contributed by atoms with van der Waals surface area (Å²) in [5, 5.41) is 2.88. The highest BCUT2D eigenvalue weighted by molar-refractivity contribution is 5.95. The van der Waals surface area contributed by atoms with E-state index in [-0.39, 0.29) is 24.3 Å². The number of nitrogens with one attached hydrogen (secondary N) is 1. The predicted octanol–water partition coefficient (Wildman–Crippen LogP) is 4.17. The second-order valence-corrected chi connectivity index (χ2v) is 8.97. The summed E-state index contributed by atoms with van der Waals surface area (Å²) in [6.45, 7) is 4.53. The number of hydrogen-bond acceptors (Lipinski definition) is 4. The van der Waals surface area contributed by atoms with Gasteiger partial charge in [0.25, 0.3) is 5.91 Å². The van der Waals surface area contributed by atoms with Gasteiger partial charge in [0.15, 0.2) is 0 Å². The van der Waals surface area contributed by atoms with Crippen LogP contribution in [-0.2, 0) is 16.1 Å². The van der Waals surface area contributed by atoms with Crippen LogP contribution in [0.3, 0.4) is 0 Å². The lowest BCUT2D eigenvalue weighted by Gasteiger charge is -2.36. The highest BCUT2D eigenvalue weighted by Gasteiger charge is 2.23. The molecule has 1 aliphatic rings. The second kappa shape index (κ2) is 12.2. The molecule has 1 fully saturated rings. The number of piperazine rings is 1. The van der Waals surface area contributed by atoms with Gasteiger partial charge in [0, 0.05) is 56.1 Å². The normalized spacial score (nSPS) is 13.2. The average molecular weight is 503 g/mol. The molecule has 192 valence electrons. The van der Waals surface area contributed by atoms with Crippen molar-refractivity contribution in [3.63, 3.8) is 0 Å². The van der Waals surface area contributed by atoms with Crippen molar-refractivity contribution in [3.05, 3.63) is 95.8 Å². The van der Waals surface area contributed by atoms with Crippen molar-refractivity contribution in [2.75, 3.05) is 42.9 Å². The molecule has 8 heteroatoms. The van der Waals surface area contributed by atoms with Crippen LogP contribution in [0.5, 0.6) is 0 Å². The van der Waals surface area contributed by atoms with Crippen molar-refractivity contribution >= 4 is 29.1 Å². The monoisotopic (exact) mass is 502 g/mol. The van der Waals surface area contributed by atoms with Crippen LogP contribution in [0.25, 0.3) is 0 Å². The molecule has 0 radical (unpaired) electrons. The van der Waals surface area contributed by atoms with E-state index in [1.54, 1.807) is 28.9 Å². The third-order valence-corrected chi connectivity index (χ3v) is 6.36. The highest BCUT2D eigenvalue weighted by Crippen LogP contribution is 2.20. The molecule has 0 spiro atoms. The molecule has 3 aromatic carbocycles. The molecule has 3 aromatic rings. The van der Waals surface area contributed by atoms with Crippen molar-refractivity contribution in [1.82, 2.24) is 9.80 Å².